The lowest BCUT2D eigenvalue weighted by Crippen LogP contribution is -2.35. The van der Waals surface area contributed by atoms with Gasteiger partial charge in [0.15, 0.2) is 0 Å². The lowest BCUT2D eigenvalue weighted by atomic mass is 10.0. The second-order valence-electron chi connectivity index (χ2n) is 5.43. The van der Waals surface area contributed by atoms with Gasteiger partial charge >= 0.3 is 0 Å². The third kappa shape index (κ3) is 3.93. The number of morpholine rings is 1. The van der Waals surface area contributed by atoms with Gasteiger partial charge in [-0.05, 0) is 53.1 Å². The second-order valence-corrected chi connectivity index (χ2v) is 6.31. The topological polar surface area (TPSA) is 32.7 Å². The Morgan fingerprint density at radius 1 is 0.909 bits per heavy atom. The first-order valence-electron chi connectivity index (χ1n) is 7.20. The molecule has 5 heteroatoms. The quantitative estimate of drug-likeness (QED) is 0.911. The molecule has 3 nitrogen and oxygen atoms in total. The van der Waals surface area contributed by atoms with E-state index in [9.17, 15) is 5.11 Å². The normalized spacial score (nSPS) is 15.9. The maximum atomic E-state index is 10.0. The van der Waals surface area contributed by atoms with Crippen LogP contribution in [0.4, 0.5) is 0 Å². The van der Waals surface area contributed by atoms with Crippen molar-refractivity contribution in [2.45, 2.75) is 6.54 Å². The number of aromatic hydroxyl groups is 1. The lowest BCUT2D eigenvalue weighted by molar-refractivity contribution is 0.0342. The largest absolute Gasteiger partial charge is 0.508 e. The third-order valence-corrected chi connectivity index (χ3v) is 4.12. The van der Waals surface area contributed by atoms with Crippen LogP contribution in [0.25, 0.3) is 11.1 Å². The van der Waals surface area contributed by atoms with Gasteiger partial charge in [0, 0.05) is 29.7 Å². The Kier molecular flexibility index (Phi) is 4.89. The second kappa shape index (κ2) is 6.88. The molecule has 1 aliphatic heterocycles. The van der Waals surface area contributed by atoms with Crippen LogP contribution in [0.1, 0.15) is 5.56 Å². The van der Waals surface area contributed by atoms with Crippen LogP contribution in [0.5, 0.6) is 5.75 Å². The molecule has 0 aromatic heterocycles. The van der Waals surface area contributed by atoms with Crippen molar-refractivity contribution in [2.75, 3.05) is 26.3 Å². The fraction of sp³-hybridized carbons (Fsp3) is 0.294. The van der Waals surface area contributed by atoms with Gasteiger partial charge in [-0.25, -0.2) is 0 Å². The van der Waals surface area contributed by atoms with E-state index in [0.29, 0.717) is 10.0 Å². The van der Waals surface area contributed by atoms with Gasteiger partial charge in [0.25, 0.3) is 0 Å². The van der Waals surface area contributed by atoms with E-state index in [1.54, 1.807) is 18.2 Å². The van der Waals surface area contributed by atoms with Crippen molar-refractivity contribution in [1.29, 1.82) is 0 Å². The zero-order valence-electron chi connectivity index (χ0n) is 12.1. The van der Waals surface area contributed by atoms with Crippen molar-refractivity contribution < 1.29 is 9.84 Å². The molecule has 1 N–H and O–H groups in total. The summed E-state index contributed by atoms with van der Waals surface area (Å²) < 4.78 is 5.36. The van der Waals surface area contributed by atoms with Crippen LogP contribution in [0.3, 0.4) is 0 Å². The molecule has 2 aromatic carbocycles. The molecule has 3 rings (SSSR count). The molecular weight excluding hydrogens is 321 g/mol. The molecule has 0 bridgehead atoms. The molecular formula is C17H17Cl2NO2. The summed E-state index contributed by atoms with van der Waals surface area (Å²) in [6.45, 7) is 4.13. The summed E-state index contributed by atoms with van der Waals surface area (Å²) in [6, 6.07) is 11.0. The fourth-order valence-corrected chi connectivity index (χ4v) is 3.20. The van der Waals surface area contributed by atoms with Gasteiger partial charge in [0.1, 0.15) is 5.75 Å². The number of nitrogens with zero attached hydrogens (tertiary/aromatic N) is 1. The Morgan fingerprint density at radius 3 is 2.23 bits per heavy atom. The summed E-state index contributed by atoms with van der Waals surface area (Å²) in [7, 11) is 0. The van der Waals surface area contributed by atoms with E-state index < -0.39 is 0 Å². The third-order valence-electron chi connectivity index (χ3n) is 3.68. The van der Waals surface area contributed by atoms with Crippen LogP contribution < -0.4 is 0 Å². The molecule has 0 amide bonds. The molecule has 22 heavy (non-hydrogen) atoms. The van der Waals surface area contributed by atoms with E-state index in [2.05, 4.69) is 11.0 Å². The summed E-state index contributed by atoms with van der Waals surface area (Å²) in [5.74, 6) is 0.247. The van der Waals surface area contributed by atoms with Gasteiger partial charge in [-0.2, -0.15) is 0 Å². The van der Waals surface area contributed by atoms with E-state index >= 15 is 0 Å². The monoisotopic (exact) mass is 337 g/mol. The first-order valence-corrected chi connectivity index (χ1v) is 7.95. The number of hydrogen-bond donors (Lipinski definition) is 1. The van der Waals surface area contributed by atoms with Gasteiger partial charge in [-0.3, -0.25) is 4.90 Å². The number of halogens is 2. The smallest absolute Gasteiger partial charge is 0.116 e. The molecule has 0 atom stereocenters. The van der Waals surface area contributed by atoms with E-state index in [1.165, 1.54) is 0 Å². The molecule has 0 spiro atoms. The first kappa shape index (κ1) is 15.6. The Bertz CT molecular complexity index is 649. The molecule has 0 unspecified atom stereocenters. The minimum atomic E-state index is 0.247. The fourth-order valence-electron chi connectivity index (χ4n) is 2.67. The van der Waals surface area contributed by atoms with Gasteiger partial charge in [0.05, 0.1) is 13.2 Å². The number of rotatable bonds is 3. The standard InChI is InChI=1S/C17H17Cl2NO2/c18-15-7-14(8-16(19)10-15)13-5-12(6-17(21)9-13)11-20-1-3-22-4-2-20/h5-10,21H,1-4,11H2. The lowest BCUT2D eigenvalue weighted by Gasteiger charge is -2.26. The van der Waals surface area contributed by atoms with Gasteiger partial charge < -0.3 is 9.84 Å². The minimum absolute atomic E-state index is 0.247. The molecule has 1 aliphatic rings. The zero-order chi connectivity index (χ0) is 15.5. The van der Waals surface area contributed by atoms with Gasteiger partial charge in [-0.15, -0.1) is 0 Å². The average molecular weight is 338 g/mol. The van der Waals surface area contributed by atoms with E-state index in [-0.39, 0.29) is 5.75 Å². The van der Waals surface area contributed by atoms with Crippen LogP contribution in [0.2, 0.25) is 10.0 Å². The number of benzene rings is 2. The van der Waals surface area contributed by atoms with Gasteiger partial charge in [0.2, 0.25) is 0 Å². The molecule has 1 saturated heterocycles. The van der Waals surface area contributed by atoms with Crippen molar-refractivity contribution >= 4 is 23.2 Å². The van der Waals surface area contributed by atoms with Crippen LogP contribution in [-0.4, -0.2) is 36.3 Å². The molecule has 0 aliphatic carbocycles. The average Bonchev–Trinajstić information content (AvgIpc) is 2.46. The predicted molar refractivity (Wildman–Crippen MR) is 89.7 cm³/mol. The Labute approximate surface area is 140 Å². The Hall–Kier alpha value is -1.26. The molecule has 0 radical (unpaired) electrons. The van der Waals surface area contributed by atoms with E-state index in [1.807, 2.05) is 12.1 Å². The van der Waals surface area contributed by atoms with Crippen molar-refractivity contribution in [1.82, 2.24) is 4.90 Å². The first-order chi connectivity index (χ1) is 10.6. The summed E-state index contributed by atoms with van der Waals surface area (Å²) in [5, 5.41) is 11.2. The minimum Gasteiger partial charge on any atom is -0.508 e. The molecule has 1 fully saturated rings. The highest BCUT2D eigenvalue weighted by Crippen LogP contribution is 2.30. The van der Waals surface area contributed by atoms with Crippen LogP contribution >= 0.6 is 23.2 Å². The van der Waals surface area contributed by atoms with Crippen molar-refractivity contribution in [2.24, 2.45) is 0 Å². The number of phenols is 1. The van der Waals surface area contributed by atoms with E-state index in [0.717, 1.165) is 49.5 Å². The molecule has 0 saturated carbocycles. The Morgan fingerprint density at radius 2 is 1.55 bits per heavy atom. The van der Waals surface area contributed by atoms with Crippen LogP contribution in [-0.2, 0) is 11.3 Å². The maximum absolute atomic E-state index is 10.0. The maximum Gasteiger partial charge on any atom is 0.116 e. The van der Waals surface area contributed by atoms with Crippen molar-refractivity contribution in [3.8, 4) is 16.9 Å². The summed E-state index contributed by atoms with van der Waals surface area (Å²) in [5.41, 5.74) is 2.87. The number of ether oxygens (including phenoxy) is 1. The van der Waals surface area contributed by atoms with E-state index in [4.69, 9.17) is 27.9 Å². The summed E-state index contributed by atoms with van der Waals surface area (Å²) in [6.07, 6.45) is 0. The molecule has 1 heterocycles. The molecule has 2 aromatic rings. The highest BCUT2D eigenvalue weighted by Gasteiger charge is 2.12. The summed E-state index contributed by atoms with van der Waals surface area (Å²) in [4.78, 5) is 2.31. The zero-order valence-corrected chi connectivity index (χ0v) is 13.6. The Balaban J connectivity index is 1.88. The molecule has 116 valence electrons. The highest BCUT2D eigenvalue weighted by atomic mass is 35.5. The van der Waals surface area contributed by atoms with Crippen LogP contribution in [0.15, 0.2) is 36.4 Å². The van der Waals surface area contributed by atoms with Crippen LogP contribution in [0, 0.1) is 0 Å². The predicted octanol–water partition coefficient (Wildman–Crippen LogP) is 4.20. The number of hydrogen-bond acceptors (Lipinski definition) is 3. The van der Waals surface area contributed by atoms with Gasteiger partial charge in [-0.1, -0.05) is 23.2 Å². The number of phenolic OH excluding ortho intramolecular Hbond substituents is 1. The SMILES string of the molecule is Oc1cc(CN2CCOCC2)cc(-c2cc(Cl)cc(Cl)c2)c1. The summed E-state index contributed by atoms with van der Waals surface area (Å²) >= 11 is 12.1. The van der Waals surface area contributed by atoms with Crippen molar-refractivity contribution in [3.05, 3.63) is 52.0 Å². The highest BCUT2D eigenvalue weighted by molar-refractivity contribution is 6.35. The van der Waals surface area contributed by atoms with Crippen molar-refractivity contribution in [3.63, 3.8) is 0 Å².